The molecule has 0 spiro atoms. The van der Waals surface area contributed by atoms with Gasteiger partial charge in [0.25, 0.3) is 0 Å². The van der Waals surface area contributed by atoms with Gasteiger partial charge in [-0.1, -0.05) is 0 Å². The van der Waals surface area contributed by atoms with Crippen LogP contribution in [0.15, 0.2) is 18.2 Å². The first-order valence-corrected chi connectivity index (χ1v) is 5.98. The van der Waals surface area contributed by atoms with Gasteiger partial charge in [0, 0.05) is 26.2 Å². The van der Waals surface area contributed by atoms with Gasteiger partial charge in [0.2, 0.25) is 0 Å². The highest BCUT2D eigenvalue weighted by Gasteiger charge is 2.34. The van der Waals surface area contributed by atoms with Gasteiger partial charge in [-0.05, 0) is 18.2 Å². The average molecular weight is 257 g/mol. The molecule has 2 aliphatic heterocycles. The van der Waals surface area contributed by atoms with Crippen LogP contribution in [0.4, 0.5) is 24.5 Å². The zero-order valence-corrected chi connectivity index (χ0v) is 9.72. The summed E-state index contributed by atoms with van der Waals surface area (Å²) < 4.78 is 37.9. The van der Waals surface area contributed by atoms with Gasteiger partial charge in [-0.15, -0.1) is 0 Å². The molecule has 0 radical (unpaired) electrons. The second-order valence-corrected chi connectivity index (χ2v) is 4.66. The Balaban J connectivity index is 1.96. The van der Waals surface area contributed by atoms with Gasteiger partial charge in [0.15, 0.2) is 0 Å². The van der Waals surface area contributed by atoms with Crippen LogP contribution in [0.1, 0.15) is 5.56 Å². The van der Waals surface area contributed by atoms with Crippen LogP contribution in [-0.4, -0.2) is 32.2 Å². The van der Waals surface area contributed by atoms with Gasteiger partial charge in [0.05, 0.1) is 23.0 Å². The molecule has 1 atom stereocenters. The molecule has 2 aliphatic rings. The Bertz CT molecular complexity index is 458. The Morgan fingerprint density at radius 1 is 1.22 bits per heavy atom. The van der Waals surface area contributed by atoms with E-state index in [0.29, 0.717) is 18.3 Å². The Labute approximate surface area is 103 Å². The van der Waals surface area contributed by atoms with Gasteiger partial charge < -0.3 is 15.5 Å². The molecule has 1 aromatic carbocycles. The second kappa shape index (κ2) is 4.05. The lowest BCUT2D eigenvalue weighted by Crippen LogP contribution is -2.56. The molecule has 0 saturated carbocycles. The highest BCUT2D eigenvalue weighted by Crippen LogP contribution is 2.37. The number of benzene rings is 1. The van der Waals surface area contributed by atoms with E-state index in [0.717, 1.165) is 31.4 Å². The molecule has 3 nitrogen and oxygen atoms in total. The summed E-state index contributed by atoms with van der Waals surface area (Å²) >= 11 is 0. The van der Waals surface area contributed by atoms with E-state index in [-0.39, 0.29) is 0 Å². The lowest BCUT2D eigenvalue weighted by atomic mass is 10.0. The minimum absolute atomic E-state index is 0.322. The lowest BCUT2D eigenvalue weighted by molar-refractivity contribution is -0.137. The summed E-state index contributed by atoms with van der Waals surface area (Å²) in [7, 11) is 0. The molecule has 1 saturated heterocycles. The summed E-state index contributed by atoms with van der Waals surface area (Å²) in [6.45, 7) is 3.26. The monoisotopic (exact) mass is 257 g/mol. The van der Waals surface area contributed by atoms with Crippen LogP contribution in [0.3, 0.4) is 0 Å². The summed E-state index contributed by atoms with van der Waals surface area (Å²) in [4.78, 5) is 2.18. The van der Waals surface area contributed by atoms with Crippen LogP contribution in [0.2, 0.25) is 0 Å². The first kappa shape index (κ1) is 11.6. The van der Waals surface area contributed by atoms with E-state index in [1.54, 1.807) is 6.07 Å². The molecule has 0 aromatic heterocycles. The Morgan fingerprint density at radius 2 is 2.06 bits per heavy atom. The molecule has 2 heterocycles. The molecule has 2 N–H and O–H groups in total. The maximum atomic E-state index is 12.6. The van der Waals surface area contributed by atoms with Gasteiger partial charge in [-0.3, -0.25) is 0 Å². The van der Waals surface area contributed by atoms with E-state index < -0.39 is 11.7 Å². The van der Waals surface area contributed by atoms with Crippen molar-refractivity contribution < 1.29 is 13.2 Å². The van der Waals surface area contributed by atoms with Crippen LogP contribution >= 0.6 is 0 Å². The van der Waals surface area contributed by atoms with E-state index in [1.165, 1.54) is 6.07 Å². The standard InChI is InChI=1S/C12H14F3N3/c13-12(14,15)8-1-2-11-10(5-8)17-7-9-6-16-3-4-18(9)11/h1-2,5,9,16-17H,3-4,6-7H2. The van der Waals surface area contributed by atoms with Gasteiger partial charge in [0.1, 0.15) is 0 Å². The molecule has 98 valence electrons. The third kappa shape index (κ3) is 1.90. The molecule has 1 unspecified atom stereocenters. The third-order valence-electron chi connectivity index (χ3n) is 3.51. The van der Waals surface area contributed by atoms with Crippen molar-refractivity contribution in [2.24, 2.45) is 0 Å². The fourth-order valence-electron chi connectivity index (χ4n) is 2.59. The maximum Gasteiger partial charge on any atom is 0.416 e. The minimum Gasteiger partial charge on any atom is -0.381 e. The summed E-state index contributed by atoms with van der Waals surface area (Å²) in [6, 6.07) is 4.25. The number of anilines is 2. The zero-order chi connectivity index (χ0) is 12.8. The summed E-state index contributed by atoms with van der Waals surface area (Å²) in [6.07, 6.45) is -4.28. The van der Waals surface area contributed by atoms with Crippen molar-refractivity contribution in [2.75, 3.05) is 36.4 Å². The summed E-state index contributed by atoms with van der Waals surface area (Å²) in [5.74, 6) is 0. The topological polar surface area (TPSA) is 27.3 Å². The first-order chi connectivity index (χ1) is 8.55. The van der Waals surface area contributed by atoms with E-state index in [9.17, 15) is 13.2 Å². The van der Waals surface area contributed by atoms with Crippen LogP contribution in [0.5, 0.6) is 0 Å². The molecule has 0 aliphatic carbocycles. The number of fused-ring (bicyclic) bond motifs is 3. The first-order valence-electron chi connectivity index (χ1n) is 5.98. The molecular formula is C12H14F3N3. The van der Waals surface area contributed by atoms with E-state index >= 15 is 0 Å². The molecule has 1 aromatic rings. The van der Waals surface area contributed by atoms with Crippen molar-refractivity contribution in [3.8, 4) is 0 Å². The predicted octanol–water partition coefficient (Wildman–Crippen LogP) is 1.91. The number of halogens is 3. The van der Waals surface area contributed by atoms with Crippen molar-refractivity contribution in [1.82, 2.24) is 5.32 Å². The minimum atomic E-state index is -4.28. The lowest BCUT2D eigenvalue weighted by Gasteiger charge is -2.42. The molecule has 18 heavy (non-hydrogen) atoms. The highest BCUT2D eigenvalue weighted by molar-refractivity contribution is 5.74. The second-order valence-electron chi connectivity index (χ2n) is 4.66. The van der Waals surface area contributed by atoms with Crippen LogP contribution in [-0.2, 0) is 6.18 Å². The largest absolute Gasteiger partial charge is 0.416 e. The number of hydrogen-bond donors (Lipinski definition) is 2. The van der Waals surface area contributed by atoms with Gasteiger partial charge >= 0.3 is 6.18 Å². The molecule has 0 amide bonds. The van der Waals surface area contributed by atoms with Crippen molar-refractivity contribution >= 4 is 11.4 Å². The zero-order valence-electron chi connectivity index (χ0n) is 9.72. The molecule has 0 bridgehead atoms. The molecule has 6 heteroatoms. The number of rotatable bonds is 0. The Morgan fingerprint density at radius 3 is 2.83 bits per heavy atom. The van der Waals surface area contributed by atoms with Gasteiger partial charge in [-0.2, -0.15) is 13.2 Å². The molecular weight excluding hydrogens is 243 g/mol. The van der Waals surface area contributed by atoms with E-state index in [2.05, 4.69) is 15.5 Å². The normalized spacial score (nSPS) is 23.1. The Kier molecular flexibility index (Phi) is 2.62. The van der Waals surface area contributed by atoms with Crippen LogP contribution in [0, 0.1) is 0 Å². The van der Waals surface area contributed by atoms with Crippen LogP contribution < -0.4 is 15.5 Å². The van der Waals surface area contributed by atoms with Crippen molar-refractivity contribution in [2.45, 2.75) is 12.2 Å². The highest BCUT2D eigenvalue weighted by atomic mass is 19.4. The quantitative estimate of drug-likeness (QED) is 0.743. The number of piperazine rings is 1. The molecule has 1 fully saturated rings. The van der Waals surface area contributed by atoms with Crippen LogP contribution in [0.25, 0.3) is 0 Å². The SMILES string of the molecule is FC(F)(F)c1ccc2c(c1)NCC1CNCCN21. The maximum absolute atomic E-state index is 12.6. The molecule has 3 rings (SSSR count). The number of alkyl halides is 3. The number of nitrogens with one attached hydrogen (secondary N) is 2. The van der Waals surface area contributed by atoms with Crippen molar-refractivity contribution in [1.29, 1.82) is 0 Å². The summed E-state index contributed by atoms with van der Waals surface area (Å²) in [5, 5.41) is 6.38. The third-order valence-corrected chi connectivity index (χ3v) is 3.51. The van der Waals surface area contributed by atoms with Crippen molar-refractivity contribution in [3.05, 3.63) is 23.8 Å². The van der Waals surface area contributed by atoms with E-state index in [4.69, 9.17) is 0 Å². The summed E-state index contributed by atoms with van der Waals surface area (Å²) in [5.41, 5.74) is 0.867. The average Bonchev–Trinajstić information content (AvgIpc) is 2.37. The van der Waals surface area contributed by atoms with E-state index in [1.807, 2.05) is 0 Å². The predicted molar refractivity (Wildman–Crippen MR) is 63.9 cm³/mol. The fraction of sp³-hybridized carbons (Fsp3) is 0.500. The fourth-order valence-corrected chi connectivity index (χ4v) is 2.59. The smallest absolute Gasteiger partial charge is 0.381 e. The Hall–Kier alpha value is -1.43. The number of nitrogens with zero attached hydrogens (tertiary/aromatic N) is 1. The van der Waals surface area contributed by atoms with Crippen molar-refractivity contribution in [3.63, 3.8) is 0 Å². The van der Waals surface area contributed by atoms with Gasteiger partial charge in [-0.25, -0.2) is 0 Å². The number of hydrogen-bond acceptors (Lipinski definition) is 3.